The quantitative estimate of drug-likeness (QED) is 0.743. The fraction of sp³-hybridized carbons (Fsp3) is 0.125. The number of rotatable bonds is 4. The number of amides is 1. The standard InChI is InChI=1S/C16H13BrFN5O/c1-10-2-7-14(13(17)8-10)19-15(24)9-23-21-16(20-22-23)11-3-5-12(18)6-4-11/h2-8H,9H2,1H3,(H,19,24). The van der Waals surface area contributed by atoms with Gasteiger partial charge in [-0.2, -0.15) is 4.80 Å². The Balaban J connectivity index is 1.68. The number of nitrogens with one attached hydrogen (secondary N) is 1. The molecule has 0 saturated carbocycles. The minimum atomic E-state index is -0.339. The average molecular weight is 390 g/mol. The number of benzene rings is 2. The van der Waals surface area contributed by atoms with E-state index in [9.17, 15) is 9.18 Å². The van der Waals surface area contributed by atoms with Gasteiger partial charge in [-0.25, -0.2) is 4.39 Å². The highest BCUT2D eigenvalue weighted by Crippen LogP contribution is 2.23. The van der Waals surface area contributed by atoms with Crippen LogP contribution in [0.1, 0.15) is 5.56 Å². The first-order valence-corrected chi connectivity index (χ1v) is 7.90. The van der Waals surface area contributed by atoms with Crippen molar-refractivity contribution in [3.05, 3.63) is 58.3 Å². The number of anilines is 1. The summed E-state index contributed by atoms with van der Waals surface area (Å²) < 4.78 is 13.7. The number of halogens is 2. The molecule has 8 heteroatoms. The molecule has 0 aliphatic carbocycles. The van der Waals surface area contributed by atoms with Crippen molar-refractivity contribution in [3.63, 3.8) is 0 Å². The summed E-state index contributed by atoms with van der Waals surface area (Å²) in [5, 5.41) is 14.6. The fourth-order valence-corrected chi connectivity index (χ4v) is 2.66. The van der Waals surface area contributed by atoms with Crippen LogP contribution in [0.15, 0.2) is 46.9 Å². The Morgan fingerprint density at radius 3 is 2.71 bits per heavy atom. The summed E-state index contributed by atoms with van der Waals surface area (Å²) in [6.45, 7) is 1.89. The molecule has 0 radical (unpaired) electrons. The van der Waals surface area contributed by atoms with E-state index in [2.05, 4.69) is 36.7 Å². The van der Waals surface area contributed by atoms with Crippen LogP contribution in [0.2, 0.25) is 0 Å². The van der Waals surface area contributed by atoms with Gasteiger partial charge in [-0.1, -0.05) is 6.07 Å². The summed E-state index contributed by atoms with van der Waals surface area (Å²) in [6.07, 6.45) is 0. The zero-order valence-electron chi connectivity index (χ0n) is 12.7. The van der Waals surface area contributed by atoms with E-state index in [4.69, 9.17) is 0 Å². The molecule has 1 amide bonds. The predicted molar refractivity (Wildman–Crippen MR) is 90.7 cm³/mol. The van der Waals surface area contributed by atoms with E-state index in [1.807, 2.05) is 25.1 Å². The summed E-state index contributed by atoms with van der Waals surface area (Å²) in [6, 6.07) is 11.4. The molecular weight excluding hydrogens is 377 g/mol. The zero-order valence-corrected chi connectivity index (χ0v) is 14.3. The minimum absolute atomic E-state index is 0.0749. The lowest BCUT2D eigenvalue weighted by molar-refractivity contribution is -0.117. The van der Waals surface area contributed by atoms with E-state index in [0.29, 0.717) is 17.1 Å². The highest BCUT2D eigenvalue weighted by Gasteiger charge is 2.11. The summed E-state index contributed by atoms with van der Waals surface area (Å²) in [4.78, 5) is 13.3. The second-order valence-electron chi connectivity index (χ2n) is 5.18. The van der Waals surface area contributed by atoms with Crippen LogP contribution >= 0.6 is 15.9 Å². The van der Waals surface area contributed by atoms with Crippen molar-refractivity contribution in [1.82, 2.24) is 20.2 Å². The van der Waals surface area contributed by atoms with Gasteiger partial charge in [0.1, 0.15) is 12.4 Å². The van der Waals surface area contributed by atoms with Crippen molar-refractivity contribution in [1.29, 1.82) is 0 Å². The van der Waals surface area contributed by atoms with Crippen molar-refractivity contribution in [2.75, 3.05) is 5.32 Å². The molecule has 6 nitrogen and oxygen atoms in total. The van der Waals surface area contributed by atoms with Crippen molar-refractivity contribution >= 4 is 27.5 Å². The number of hydrogen-bond acceptors (Lipinski definition) is 4. The molecule has 0 fully saturated rings. The number of nitrogens with zero attached hydrogens (tertiary/aromatic N) is 4. The van der Waals surface area contributed by atoms with Crippen molar-refractivity contribution < 1.29 is 9.18 Å². The lowest BCUT2D eigenvalue weighted by Crippen LogP contribution is -2.20. The van der Waals surface area contributed by atoms with Crippen LogP contribution in [-0.2, 0) is 11.3 Å². The maximum Gasteiger partial charge on any atom is 0.248 e. The highest BCUT2D eigenvalue weighted by molar-refractivity contribution is 9.10. The van der Waals surface area contributed by atoms with Crippen LogP contribution < -0.4 is 5.32 Å². The number of aromatic nitrogens is 4. The van der Waals surface area contributed by atoms with Gasteiger partial charge < -0.3 is 5.32 Å². The van der Waals surface area contributed by atoms with Crippen LogP contribution in [-0.4, -0.2) is 26.1 Å². The molecule has 0 saturated heterocycles. The van der Waals surface area contributed by atoms with Gasteiger partial charge in [-0.05, 0) is 70.0 Å². The van der Waals surface area contributed by atoms with Gasteiger partial charge >= 0.3 is 0 Å². The lowest BCUT2D eigenvalue weighted by Gasteiger charge is -2.07. The normalized spacial score (nSPS) is 10.6. The van der Waals surface area contributed by atoms with E-state index in [1.54, 1.807) is 12.1 Å². The molecule has 1 heterocycles. The van der Waals surface area contributed by atoms with Gasteiger partial charge in [0, 0.05) is 10.0 Å². The van der Waals surface area contributed by atoms with Gasteiger partial charge in [-0.15, -0.1) is 10.2 Å². The van der Waals surface area contributed by atoms with Crippen LogP contribution in [0.25, 0.3) is 11.4 Å². The molecule has 2 aromatic carbocycles. The molecule has 0 aliphatic heterocycles. The van der Waals surface area contributed by atoms with Gasteiger partial charge in [0.25, 0.3) is 0 Å². The first-order chi connectivity index (χ1) is 11.5. The maximum atomic E-state index is 12.9. The first kappa shape index (κ1) is 16.3. The van der Waals surface area contributed by atoms with Gasteiger partial charge in [0.05, 0.1) is 5.69 Å². The molecule has 3 aromatic rings. The summed E-state index contributed by atoms with van der Waals surface area (Å²) >= 11 is 3.41. The average Bonchev–Trinajstić information content (AvgIpc) is 2.99. The molecule has 0 aliphatic rings. The second-order valence-corrected chi connectivity index (χ2v) is 6.04. The number of tetrazole rings is 1. The summed E-state index contributed by atoms with van der Waals surface area (Å²) in [5.41, 5.74) is 2.38. The highest BCUT2D eigenvalue weighted by atomic mass is 79.9. The van der Waals surface area contributed by atoms with Gasteiger partial charge in [0.15, 0.2) is 0 Å². The number of hydrogen-bond donors (Lipinski definition) is 1. The van der Waals surface area contributed by atoms with E-state index >= 15 is 0 Å². The van der Waals surface area contributed by atoms with Gasteiger partial charge in [-0.3, -0.25) is 4.79 Å². The molecule has 122 valence electrons. The molecule has 0 unspecified atom stereocenters. The monoisotopic (exact) mass is 389 g/mol. The third kappa shape index (κ3) is 3.83. The number of carbonyl (C=O) groups excluding carboxylic acids is 1. The molecule has 0 spiro atoms. The molecule has 3 rings (SSSR count). The van der Waals surface area contributed by atoms with Crippen molar-refractivity contribution in [2.45, 2.75) is 13.5 Å². The Kier molecular flexibility index (Phi) is 4.66. The van der Waals surface area contributed by atoms with Crippen molar-refractivity contribution in [3.8, 4) is 11.4 Å². The molecular formula is C16H13BrFN5O. The third-order valence-corrected chi connectivity index (χ3v) is 3.90. The number of carbonyl (C=O) groups is 1. The van der Waals surface area contributed by atoms with Crippen LogP contribution in [0, 0.1) is 12.7 Å². The Morgan fingerprint density at radius 2 is 2.00 bits per heavy atom. The Morgan fingerprint density at radius 1 is 1.25 bits per heavy atom. The largest absolute Gasteiger partial charge is 0.323 e. The Hall–Kier alpha value is -2.61. The molecule has 0 atom stereocenters. The fourth-order valence-electron chi connectivity index (χ4n) is 2.06. The predicted octanol–water partition coefficient (Wildman–Crippen LogP) is 3.19. The Labute approximate surface area is 145 Å². The molecule has 1 aromatic heterocycles. The maximum absolute atomic E-state index is 12.9. The Bertz CT molecular complexity index is 878. The first-order valence-electron chi connectivity index (χ1n) is 7.11. The zero-order chi connectivity index (χ0) is 17.1. The summed E-state index contributed by atoms with van der Waals surface area (Å²) in [7, 11) is 0. The van der Waals surface area contributed by atoms with E-state index in [1.165, 1.54) is 16.9 Å². The van der Waals surface area contributed by atoms with Gasteiger partial charge in [0.2, 0.25) is 11.7 Å². The third-order valence-electron chi connectivity index (χ3n) is 3.24. The van der Waals surface area contributed by atoms with E-state index in [-0.39, 0.29) is 18.3 Å². The summed E-state index contributed by atoms with van der Waals surface area (Å²) in [5.74, 6) is -0.281. The van der Waals surface area contributed by atoms with Crippen LogP contribution in [0.3, 0.4) is 0 Å². The SMILES string of the molecule is Cc1ccc(NC(=O)Cn2nnc(-c3ccc(F)cc3)n2)c(Br)c1. The lowest BCUT2D eigenvalue weighted by atomic mass is 10.2. The van der Waals surface area contributed by atoms with Crippen molar-refractivity contribution in [2.24, 2.45) is 0 Å². The van der Waals surface area contributed by atoms with E-state index < -0.39 is 0 Å². The van der Waals surface area contributed by atoms with E-state index in [0.717, 1.165) is 10.0 Å². The van der Waals surface area contributed by atoms with Crippen LogP contribution in [0.5, 0.6) is 0 Å². The minimum Gasteiger partial charge on any atom is -0.323 e. The number of aryl methyl sites for hydroxylation is 1. The molecule has 0 bridgehead atoms. The molecule has 24 heavy (non-hydrogen) atoms. The smallest absolute Gasteiger partial charge is 0.248 e. The second kappa shape index (κ2) is 6.88. The topological polar surface area (TPSA) is 72.7 Å². The van der Waals surface area contributed by atoms with Crippen LogP contribution in [0.4, 0.5) is 10.1 Å². The molecule has 1 N–H and O–H groups in total.